The number of nitrogens with zero attached hydrogens (tertiary/aromatic N) is 1. The summed E-state index contributed by atoms with van der Waals surface area (Å²) in [6.45, 7) is 16.7. The fourth-order valence-corrected chi connectivity index (χ4v) is 8.85. The van der Waals surface area contributed by atoms with E-state index in [0.717, 1.165) is 12.0 Å². The Balaban J connectivity index is 1.26. The van der Waals surface area contributed by atoms with Crippen LogP contribution in [0.15, 0.2) is 47.4 Å². The molecule has 15 heteroatoms. The van der Waals surface area contributed by atoms with Crippen molar-refractivity contribution in [2.75, 3.05) is 46.3 Å². The quantitative estimate of drug-likeness (QED) is 0.159. The van der Waals surface area contributed by atoms with E-state index in [2.05, 4.69) is 39.2 Å². The molecule has 5 rings (SSSR count). The number of carbonyl (C=O) groups excluding carboxylic acids is 1. The van der Waals surface area contributed by atoms with Gasteiger partial charge in [0.2, 0.25) is 16.8 Å². The van der Waals surface area contributed by atoms with Crippen molar-refractivity contribution >= 4 is 24.4 Å². The fourth-order valence-electron chi connectivity index (χ4n) is 6.12. The molecule has 52 heavy (non-hydrogen) atoms. The van der Waals surface area contributed by atoms with Gasteiger partial charge in [-0.05, 0) is 66.7 Å². The van der Waals surface area contributed by atoms with Gasteiger partial charge in [-0.3, -0.25) is 0 Å². The maximum absolute atomic E-state index is 14.0. The molecule has 2 aromatic carbocycles. The molecule has 2 fully saturated rings. The van der Waals surface area contributed by atoms with Gasteiger partial charge >= 0.3 is 6.09 Å². The normalized spacial score (nSPS) is 21.3. The van der Waals surface area contributed by atoms with E-state index in [0.29, 0.717) is 43.5 Å². The summed E-state index contributed by atoms with van der Waals surface area (Å²) < 4.78 is 69.1. The maximum atomic E-state index is 14.0. The summed E-state index contributed by atoms with van der Waals surface area (Å²) in [5.74, 6) is 1.38. The number of nitrogens with one attached hydrogen (secondary N) is 1. The van der Waals surface area contributed by atoms with Crippen LogP contribution in [0.1, 0.15) is 53.0 Å². The van der Waals surface area contributed by atoms with E-state index >= 15 is 0 Å². The number of aliphatic hydroxyl groups excluding tert-OH is 1. The van der Waals surface area contributed by atoms with Crippen LogP contribution in [-0.4, -0.2) is 103 Å². The molecule has 2 aromatic rings. The lowest BCUT2D eigenvalue weighted by atomic mass is 10.0. The zero-order valence-corrected chi connectivity index (χ0v) is 33.3. The van der Waals surface area contributed by atoms with Crippen LogP contribution in [0.3, 0.4) is 0 Å². The Morgan fingerprint density at radius 3 is 2.48 bits per heavy atom. The number of sulfonamides is 1. The summed E-state index contributed by atoms with van der Waals surface area (Å²) in [5, 5.41) is 14.7. The number of rotatable bonds is 17. The first kappa shape index (κ1) is 40.3. The van der Waals surface area contributed by atoms with E-state index in [4.69, 9.17) is 32.8 Å². The van der Waals surface area contributed by atoms with Gasteiger partial charge in [-0.2, -0.15) is 4.31 Å². The lowest BCUT2D eigenvalue weighted by molar-refractivity contribution is -0.0907. The highest BCUT2D eigenvalue weighted by molar-refractivity contribution is 7.89. The summed E-state index contributed by atoms with van der Waals surface area (Å²) in [6.07, 6.45) is -1.22. The van der Waals surface area contributed by atoms with Crippen molar-refractivity contribution < 1.29 is 51.2 Å². The Bertz CT molecular complexity index is 1600. The third-order valence-corrected chi connectivity index (χ3v) is 16.5. The average molecular weight is 765 g/mol. The third kappa shape index (κ3) is 10.2. The average Bonchev–Trinajstić information content (AvgIpc) is 3.83. The Hall–Kier alpha value is -2.92. The minimum atomic E-state index is -4.07. The minimum absolute atomic E-state index is 0.0115. The predicted octanol–water partition coefficient (Wildman–Crippen LogP) is 5.31. The summed E-state index contributed by atoms with van der Waals surface area (Å²) in [5.41, 5.74) is 0.806. The highest BCUT2D eigenvalue weighted by Crippen LogP contribution is 2.37. The molecule has 2 N–H and O–H groups in total. The van der Waals surface area contributed by atoms with Crippen LogP contribution in [0.25, 0.3) is 0 Å². The van der Waals surface area contributed by atoms with E-state index in [1.165, 1.54) is 16.4 Å². The highest BCUT2D eigenvalue weighted by Gasteiger charge is 2.44. The van der Waals surface area contributed by atoms with Crippen LogP contribution in [0.5, 0.6) is 17.2 Å². The van der Waals surface area contributed by atoms with Gasteiger partial charge in [0.05, 0.1) is 42.8 Å². The Labute approximate surface area is 309 Å². The number of fused-ring (bicyclic) bond motifs is 2. The van der Waals surface area contributed by atoms with Gasteiger partial charge < -0.3 is 43.3 Å². The van der Waals surface area contributed by atoms with E-state index in [1.54, 1.807) is 6.07 Å². The second-order valence-electron chi connectivity index (χ2n) is 15.7. The molecule has 0 spiro atoms. The lowest BCUT2D eigenvalue weighted by Gasteiger charge is -2.36. The highest BCUT2D eigenvalue weighted by atomic mass is 32.2. The molecule has 5 atom stereocenters. The van der Waals surface area contributed by atoms with Crippen molar-refractivity contribution in [3.05, 3.63) is 48.0 Å². The molecule has 0 radical (unpaired) electrons. The second-order valence-corrected chi connectivity index (χ2v) is 22.4. The standard InChI is InChI=1S/C37H56N2O11SSi/c1-25(2)21-39(51(42,43)28-13-14-32-33(20-28)48-24-47-32)22-31(40)30(38-36(41)50-34-23-46-35-29(34)15-18-45-35)19-26-9-11-27(12-10-26)44-16-8-17-49-52(6,7)37(3,4)5/h9-14,20,25,29-31,34-35,40H,8,15-19,21-24H2,1-7H3,(H,38,41)/t29?,30-,31+,34?,35?/m0/s1. The summed E-state index contributed by atoms with van der Waals surface area (Å²) in [4.78, 5) is 13.3. The summed E-state index contributed by atoms with van der Waals surface area (Å²) in [6, 6.07) is 11.0. The van der Waals surface area contributed by atoms with Crippen molar-refractivity contribution in [1.29, 1.82) is 0 Å². The molecule has 3 aliphatic heterocycles. The van der Waals surface area contributed by atoms with Crippen molar-refractivity contribution in [1.82, 2.24) is 9.62 Å². The van der Waals surface area contributed by atoms with E-state index in [9.17, 15) is 18.3 Å². The number of amides is 1. The van der Waals surface area contributed by atoms with Crippen LogP contribution < -0.4 is 19.5 Å². The zero-order valence-electron chi connectivity index (χ0n) is 31.5. The van der Waals surface area contributed by atoms with Crippen LogP contribution >= 0.6 is 0 Å². The van der Waals surface area contributed by atoms with Crippen molar-refractivity contribution in [2.24, 2.45) is 11.8 Å². The van der Waals surface area contributed by atoms with Crippen LogP contribution in [0, 0.1) is 11.8 Å². The van der Waals surface area contributed by atoms with Gasteiger partial charge in [-0.1, -0.05) is 46.8 Å². The largest absolute Gasteiger partial charge is 0.494 e. The van der Waals surface area contributed by atoms with Gasteiger partial charge in [0, 0.05) is 32.2 Å². The van der Waals surface area contributed by atoms with Crippen molar-refractivity contribution in [3.8, 4) is 17.2 Å². The number of alkyl carbamates (subject to hydrolysis) is 1. The molecule has 0 saturated carbocycles. The Kier molecular flexibility index (Phi) is 13.2. The Morgan fingerprint density at radius 1 is 1.04 bits per heavy atom. The number of hydrogen-bond donors (Lipinski definition) is 2. The number of hydrogen-bond acceptors (Lipinski definition) is 11. The first-order valence-corrected chi connectivity index (χ1v) is 22.5. The van der Waals surface area contributed by atoms with Gasteiger partial charge in [-0.15, -0.1) is 0 Å². The number of carbonyl (C=O) groups is 1. The van der Waals surface area contributed by atoms with Gasteiger partial charge in [0.25, 0.3) is 0 Å². The molecular formula is C37H56N2O11SSi. The van der Waals surface area contributed by atoms with E-state index in [1.807, 2.05) is 38.1 Å². The fraction of sp³-hybridized carbons (Fsp3) is 0.649. The van der Waals surface area contributed by atoms with Crippen LogP contribution in [-0.2, 0) is 35.1 Å². The summed E-state index contributed by atoms with van der Waals surface area (Å²) >= 11 is 0. The van der Waals surface area contributed by atoms with Crippen LogP contribution in [0.4, 0.5) is 4.79 Å². The maximum Gasteiger partial charge on any atom is 0.407 e. The zero-order chi connectivity index (χ0) is 37.7. The smallest absolute Gasteiger partial charge is 0.407 e. The molecule has 0 aliphatic carbocycles. The first-order chi connectivity index (χ1) is 24.5. The van der Waals surface area contributed by atoms with E-state index in [-0.39, 0.29) is 54.7 Å². The van der Waals surface area contributed by atoms with E-state index < -0.39 is 49.0 Å². The molecule has 290 valence electrons. The topological polar surface area (TPSA) is 151 Å². The molecular weight excluding hydrogens is 709 g/mol. The second kappa shape index (κ2) is 17.0. The predicted molar refractivity (Wildman–Crippen MR) is 197 cm³/mol. The minimum Gasteiger partial charge on any atom is -0.494 e. The molecule has 3 aliphatic rings. The molecule has 2 saturated heterocycles. The first-order valence-electron chi connectivity index (χ1n) is 18.2. The molecule has 13 nitrogen and oxygen atoms in total. The van der Waals surface area contributed by atoms with Crippen LogP contribution in [0.2, 0.25) is 18.1 Å². The number of benzene rings is 2. The third-order valence-electron chi connectivity index (χ3n) is 10.2. The lowest BCUT2D eigenvalue weighted by Crippen LogP contribution is -2.51. The molecule has 3 heterocycles. The molecule has 1 amide bonds. The van der Waals surface area contributed by atoms with Crippen molar-refractivity contribution in [3.63, 3.8) is 0 Å². The molecule has 3 unspecified atom stereocenters. The molecule has 0 aromatic heterocycles. The number of aliphatic hydroxyl groups is 1. The van der Waals surface area contributed by atoms with Gasteiger partial charge in [0.1, 0.15) is 11.9 Å². The SMILES string of the molecule is CC(C)CN(C[C@@H](O)[C@H](Cc1ccc(OCCCO[Si](C)(C)C(C)(C)C)cc1)NC(=O)OC1COC2OCCC12)S(=O)(=O)c1ccc2c(c1)OCO2. The molecule has 0 bridgehead atoms. The van der Waals surface area contributed by atoms with Gasteiger partial charge in [-0.25, -0.2) is 13.2 Å². The van der Waals surface area contributed by atoms with Crippen molar-refractivity contribution in [2.45, 2.75) is 101 Å². The number of ether oxygens (including phenoxy) is 6. The Morgan fingerprint density at radius 2 is 1.77 bits per heavy atom. The summed E-state index contributed by atoms with van der Waals surface area (Å²) in [7, 11) is -5.89. The monoisotopic (exact) mass is 764 g/mol. The van der Waals surface area contributed by atoms with Gasteiger partial charge in [0.15, 0.2) is 26.1 Å².